The van der Waals surface area contributed by atoms with Crippen LogP contribution in [-0.2, 0) is 6.42 Å². The van der Waals surface area contributed by atoms with Crippen LogP contribution in [0.5, 0.6) is 5.75 Å². The average Bonchev–Trinajstić information content (AvgIpc) is 2.56. The van der Waals surface area contributed by atoms with Gasteiger partial charge in [0.1, 0.15) is 5.75 Å². The van der Waals surface area contributed by atoms with E-state index in [9.17, 15) is 0 Å². The fourth-order valence-electron chi connectivity index (χ4n) is 3.37. The molecule has 2 atom stereocenters. The van der Waals surface area contributed by atoms with Crippen LogP contribution in [0.2, 0.25) is 0 Å². The molecule has 1 aromatic heterocycles. The zero-order chi connectivity index (χ0) is 14.8. The first kappa shape index (κ1) is 15.3. The van der Waals surface area contributed by atoms with Gasteiger partial charge in [0.2, 0.25) is 0 Å². The van der Waals surface area contributed by atoms with Crippen molar-refractivity contribution in [2.24, 2.45) is 11.7 Å². The second-order valence-corrected chi connectivity index (χ2v) is 6.62. The third kappa shape index (κ3) is 3.32. The van der Waals surface area contributed by atoms with Crippen molar-refractivity contribution >= 4 is 0 Å². The molecule has 1 aliphatic rings. The Labute approximate surface area is 122 Å². The second-order valence-electron chi connectivity index (χ2n) is 6.62. The van der Waals surface area contributed by atoms with E-state index in [0.29, 0.717) is 0 Å². The quantitative estimate of drug-likeness (QED) is 0.859. The van der Waals surface area contributed by atoms with Crippen LogP contribution in [0.15, 0.2) is 6.20 Å². The van der Waals surface area contributed by atoms with Crippen molar-refractivity contribution in [1.29, 1.82) is 0 Å². The molecular formula is C17H28N2O. The summed E-state index contributed by atoms with van der Waals surface area (Å²) in [5, 5.41) is 0. The standard InChI is InChI=1S/C17H28N2O/c1-12-6-5-8-17(18,9-7-12)10-15-14(3)16(20-4)13(2)11-19-15/h11-12H,5-10,18H2,1-4H3. The minimum absolute atomic E-state index is 0.0945. The van der Waals surface area contributed by atoms with Crippen molar-refractivity contribution in [3.8, 4) is 5.75 Å². The first-order valence-electron chi connectivity index (χ1n) is 7.73. The maximum Gasteiger partial charge on any atom is 0.128 e. The van der Waals surface area contributed by atoms with Gasteiger partial charge in [0, 0.05) is 35.0 Å². The Hall–Kier alpha value is -1.09. The van der Waals surface area contributed by atoms with Gasteiger partial charge in [0.05, 0.1) is 7.11 Å². The molecule has 1 aliphatic carbocycles. The van der Waals surface area contributed by atoms with Gasteiger partial charge in [-0.1, -0.05) is 19.8 Å². The summed E-state index contributed by atoms with van der Waals surface area (Å²) in [7, 11) is 1.73. The fourth-order valence-corrected chi connectivity index (χ4v) is 3.37. The Morgan fingerprint density at radius 3 is 2.80 bits per heavy atom. The Morgan fingerprint density at radius 1 is 1.35 bits per heavy atom. The highest BCUT2D eigenvalue weighted by Gasteiger charge is 2.30. The molecule has 1 heterocycles. The maximum absolute atomic E-state index is 6.67. The summed E-state index contributed by atoms with van der Waals surface area (Å²) >= 11 is 0. The number of aromatic nitrogens is 1. The third-order valence-electron chi connectivity index (χ3n) is 4.78. The zero-order valence-corrected chi connectivity index (χ0v) is 13.3. The molecule has 1 saturated carbocycles. The van der Waals surface area contributed by atoms with Gasteiger partial charge in [0.15, 0.2) is 0 Å². The van der Waals surface area contributed by atoms with E-state index < -0.39 is 0 Å². The van der Waals surface area contributed by atoms with Gasteiger partial charge in [0.25, 0.3) is 0 Å². The van der Waals surface area contributed by atoms with Crippen LogP contribution in [-0.4, -0.2) is 17.6 Å². The van der Waals surface area contributed by atoms with Crippen molar-refractivity contribution in [2.75, 3.05) is 7.11 Å². The van der Waals surface area contributed by atoms with Crippen molar-refractivity contribution in [2.45, 2.75) is 64.8 Å². The highest BCUT2D eigenvalue weighted by molar-refractivity contribution is 5.41. The summed E-state index contributed by atoms with van der Waals surface area (Å²) < 4.78 is 5.50. The lowest BCUT2D eigenvalue weighted by Crippen LogP contribution is -2.42. The summed E-state index contributed by atoms with van der Waals surface area (Å²) in [5.41, 5.74) is 9.92. The number of hydrogen-bond donors (Lipinski definition) is 1. The number of nitrogens with zero attached hydrogens (tertiary/aromatic N) is 1. The first-order chi connectivity index (χ1) is 9.45. The summed E-state index contributed by atoms with van der Waals surface area (Å²) in [4.78, 5) is 4.62. The van der Waals surface area contributed by atoms with Crippen molar-refractivity contribution < 1.29 is 4.74 Å². The lowest BCUT2D eigenvalue weighted by Gasteiger charge is -2.29. The minimum atomic E-state index is -0.0945. The molecule has 2 N–H and O–H groups in total. The van der Waals surface area contributed by atoms with Crippen LogP contribution < -0.4 is 10.5 Å². The summed E-state index contributed by atoms with van der Waals surface area (Å²) in [6.45, 7) is 6.47. The molecule has 20 heavy (non-hydrogen) atoms. The molecule has 0 spiro atoms. The molecule has 0 aromatic carbocycles. The highest BCUT2D eigenvalue weighted by Crippen LogP contribution is 2.33. The molecular weight excluding hydrogens is 248 g/mol. The SMILES string of the molecule is COc1c(C)cnc(CC2(N)CCCC(C)CC2)c1C. The number of aryl methyl sites for hydroxylation is 1. The van der Waals surface area contributed by atoms with Gasteiger partial charge in [-0.25, -0.2) is 0 Å². The largest absolute Gasteiger partial charge is 0.496 e. The van der Waals surface area contributed by atoms with Crippen LogP contribution in [0.1, 0.15) is 55.8 Å². The van der Waals surface area contributed by atoms with E-state index in [0.717, 1.165) is 47.8 Å². The van der Waals surface area contributed by atoms with Crippen LogP contribution in [0, 0.1) is 19.8 Å². The van der Waals surface area contributed by atoms with Gasteiger partial charge in [-0.3, -0.25) is 4.98 Å². The predicted molar refractivity (Wildman–Crippen MR) is 83.1 cm³/mol. The van der Waals surface area contributed by atoms with Crippen LogP contribution in [0.3, 0.4) is 0 Å². The lowest BCUT2D eigenvalue weighted by atomic mass is 9.85. The van der Waals surface area contributed by atoms with Crippen LogP contribution >= 0.6 is 0 Å². The van der Waals surface area contributed by atoms with E-state index in [1.165, 1.54) is 19.3 Å². The van der Waals surface area contributed by atoms with Gasteiger partial charge in [-0.15, -0.1) is 0 Å². The number of hydrogen-bond acceptors (Lipinski definition) is 3. The van der Waals surface area contributed by atoms with Gasteiger partial charge < -0.3 is 10.5 Å². The maximum atomic E-state index is 6.67. The number of rotatable bonds is 3. The molecule has 2 unspecified atom stereocenters. The number of pyridine rings is 1. The fraction of sp³-hybridized carbons (Fsp3) is 0.706. The first-order valence-corrected chi connectivity index (χ1v) is 7.73. The Bertz CT molecular complexity index is 472. The Morgan fingerprint density at radius 2 is 2.10 bits per heavy atom. The average molecular weight is 276 g/mol. The highest BCUT2D eigenvalue weighted by atomic mass is 16.5. The normalized spacial score (nSPS) is 27.1. The third-order valence-corrected chi connectivity index (χ3v) is 4.78. The van der Waals surface area contributed by atoms with Gasteiger partial charge in [-0.2, -0.15) is 0 Å². The molecule has 1 aromatic rings. The van der Waals surface area contributed by atoms with Gasteiger partial charge in [-0.05, 0) is 39.0 Å². The zero-order valence-electron chi connectivity index (χ0n) is 13.3. The van der Waals surface area contributed by atoms with Crippen molar-refractivity contribution in [3.05, 3.63) is 23.0 Å². The smallest absolute Gasteiger partial charge is 0.128 e. The number of ether oxygens (including phenoxy) is 1. The van der Waals surface area contributed by atoms with Crippen molar-refractivity contribution in [3.63, 3.8) is 0 Å². The Kier molecular flexibility index (Phi) is 4.69. The molecule has 3 nitrogen and oxygen atoms in total. The van der Waals surface area contributed by atoms with E-state index in [2.05, 4.69) is 18.8 Å². The van der Waals surface area contributed by atoms with E-state index in [-0.39, 0.29) is 5.54 Å². The van der Waals surface area contributed by atoms with Crippen LogP contribution in [0.4, 0.5) is 0 Å². The molecule has 0 amide bonds. The summed E-state index contributed by atoms with van der Waals surface area (Å²) in [6, 6.07) is 0. The predicted octanol–water partition coefficient (Wildman–Crippen LogP) is 3.55. The number of methoxy groups -OCH3 is 1. The molecule has 1 fully saturated rings. The molecule has 0 radical (unpaired) electrons. The van der Waals surface area contributed by atoms with Gasteiger partial charge >= 0.3 is 0 Å². The van der Waals surface area contributed by atoms with Crippen molar-refractivity contribution in [1.82, 2.24) is 4.98 Å². The Balaban J connectivity index is 2.20. The monoisotopic (exact) mass is 276 g/mol. The summed E-state index contributed by atoms with van der Waals surface area (Å²) in [6.07, 6.45) is 8.76. The number of nitrogens with two attached hydrogens (primary N) is 1. The van der Waals surface area contributed by atoms with E-state index >= 15 is 0 Å². The van der Waals surface area contributed by atoms with E-state index in [1.54, 1.807) is 7.11 Å². The molecule has 112 valence electrons. The molecule has 2 rings (SSSR count). The minimum Gasteiger partial charge on any atom is -0.496 e. The summed E-state index contributed by atoms with van der Waals surface area (Å²) in [5.74, 6) is 1.77. The second kappa shape index (κ2) is 6.13. The lowest BCUT2D eigenvalue weighted by molar-refractivity contribution is 0.357. The van der Waals surface area contributed by atoms with Crippen LogP contribution in [0.25, 0.3) is 0 Å². The molecule has 0 saturated heterocycles. The molecule has 0 bridgehead atoms. The molecule has 3 heteroatoms. The topological polar surface area (TPSA) is 48.1 Å². The van der Waals surface area contributed by atoms with E-state index in [1.807, 2.05) is 13.1 Å². The van der Waals surface area contributed by atoms with E-state index in [4.69, 9.17) is 10.5 Å². The molecule has 0 aliphatic heterocycles.